The first kappa shape index (κ1) is 16.2. The standard InChI is InChI=1S/C21H23N3/c1-2-19-13-14-20(22-15-17-9-5-3-6-10-17)24-21(19)23-16-18-11-7-4-8-12-18/h3-13H,2,14-16H2,1H3,(H,22,23,24). The zero-order valence-electron chi connectivity index (χ0n) is 14.1. The van der Waals surface area contributed by atoms with Gasteiger partial charge in [-0.1, -0.05) is 73.7 Å². The summed E-state index contributed by atoms with van der Waals surface area (Å²) in [7, 11) is 0. The molecular formula is C21H23N3. The number of benzene rings is 2. The fraction of sp³-hybridized carbons (Fsp3) is 0.238. The van der Waals surface area contributed by atoms with Crippen LogP contribution in [0.15, 0.2) is 82.3 Å². The van der Waals surface area contributed by atoms with Gasteiger partial charge in [-0.25, -0.2) is 0 Å². The molecule has 0 fully saturated rings. The van der Waals surface area contributed by atoms with E-state index in [0.717, 1.165) is 24.5 Å². The maximum absolute atomic E-state index is 4.77. The van der Waals surface area contributed by atoms with Gasteiger partial charge in [-0.3, -0.25) is 9.98 Å². The molecule has 122 valence electrons. The maximum Gasteiger partial charge on any atom is 0.129 e. The summed E-state index contributed by atoms with van der Waals surface area (Å²) in [6, 6.07) is 20.7. The molecule has 0 radical (unpaired) electrons. The first-order chi connectivity index (χ1) is 11.8. The fourth-order valence-corrected chi connectivity index (χ4v) is 2.67. The first-order valence-electron chi connectivity index (χ1n) is 8.47. The summed E-state index contributed by atoms with van der Waals surface area (Å²) in [6.07, 6.45) is 4.07. The lowest BCUT2D eigenvalue weighted by molar-refractivity contribution is 0.982. The number of amidine groups is 2. The quantitative estimate of drug-likeness (QED) is 0.865. The molecule has 1 heterocycles. The Morgan fingerprint density at radius 2 is 1.42 bits per heavy atom. The molecule has 0 spiro atoms. The maximum atomic E-state index is 4.77. The second-order valence-corrected chi connectivity index (χ2v) is 5.81. The molecule has 0 bridgehead atoms. The molecule has 0 amide bonds. The van der Waals surface area contributed by atoms with Crippen molar-refractivity contribution in [2.75, 3.05) is 0 Å². The average Bonchev–Trinajstić information content (AvgIpc) is 2.66. The van der Waals surface area contributed by atoms with Crippen molar-refractivity contribution in [1.82, 2.24) is 5.32 Å². The Hall–Kier alpha value is -2.68. The highest BCUT2D eigenvalue weighted by molar-refractivity contribution is 6.12. The third-order valence-electron chi connectivity index (χ3n) is 4.05. The molecule has 0 saturated carbocycles. The van der Waals surface area contributed by atoms with E-state index in [1.165, 1.54) is 16.7 Å². The smallest absolute Gasteiger partial charge is 0.129 e. The summed E-state index contributed by atoms with van der Waals surface area (Å²) in [5.74, 6) is 1.95. The first-order valence-corrected chi connectivity index (χ1v) is 8.47. The van der Waals surface area contributed by atoms with Crippen LogP contribution in [0.25, 0.3) is 0 Å². The number of nitrogens with zero attached hydrogens (tertiary/aromatic N) is 2. The Balaban J connectivity index is 1.71. The van der Waals surface area contributed by atoms with E-state index in [2.05, 4.69) is 42.6 Å². The zero-order valence-corrected chi connectivity index (χ0v) is 14.1. The number of hydrogen-bond donors (Lipinski definition) is 1. The predicted molar refractivity (Wildman–Crippen MR) is 101 cm³/mol. The molecule has 1 N–H and O–H groups in total. The molecule has 3 nitrogen and oxygen atoms in total. The summed E-state index contributed by atoms with van der Waals surface area (Å²) in [4.78, 5) is 9.47. The SMILES string of the molecule is CCC1=CCC(=NCc2ccccc2)NC1=NCc1ccccc1. The third kappa shape index (κ3) is 4.42. The van der Waals surface area contributed by atoms with Gasteiger partial charge in [0.25, 0.3) is 0 Å². The lowest BCUT2D eigenvalue weighted by Gasteiger charge is -2.19. The van der Waals surface area contributed by atoms with Crippen molar-refractivity contribution >= 4 is 11.7 Å². The lowest BCUT2D eigenvalue weighted by atomic mass is 10.1. The van der Waals surface area contributed by atoms with Crippen molar-refractivity contribution < 1.29 is 0 Å². The number of hydrogen-bond acceptors (Lipinski definition) is 2. The van der Waals surface area contributed by atoms with Crippen LogP contribution in [0.4, 0.5) is 0 Å². The van der Waals surface area contributed by atoms with Gasteiger partial charge in [-0.15, -0.1) is 0 Å². The Morgan fingerprint density at radius 3 is 2.00 bits per heavy atom. The highest BCUT2D eigenvalue weighted by Crippen LogP contribution is 2.12. The van der Waals surface area contributed by atoms with Crippen molar-refractivity contribution in [3.63, 3.8) is 0 Å². The van der Waals surface area contributed by atoms with E-state index in [1.807, 2.05) is 36.4 Å². The minimum atomic E-state index is 0.687. The molecule has 0 saturated heterocycles. The van der Waals surface area contributed by atoms with Gasteiger partial charge in [0.15, 0.2) is 0 Å². The van der Waals surface area contributed by atoms with Gasteiger partial charge in [-0.05, 0) is 23.1 Å². The molecule has 2 aromatic carbocycles. The van der Waals surface area contributed by atoms with Crippen LogP contribution in [0.2, 0.25) is 0 Å². The van der Waals surface area contributed by atoms with E-state index in [9.17, 15) is 0 Å². The van der Waals surface area contributed by atoms with Crippen LogP contribution in [0, 0.1) is 0 Å². The largest absolute Gasteiger partial charge is 0.329 e. The average molecular weight is 317 g/mol. The second-order valence-electron chi connectivity index (χ2n) is 5.81. The van der Waals surface area contributed by atoms with Crippen LogP contribution in [-0.4, -0.2) is 11.7 Å². The summed E-state index contributed by atoms with van der Waals surface area (Å²) in [6.45, 7) is 3.55. The van der Waals surface area contributed by atoms with Crippen molar-refractivity contribution in [2.45, 2.75) is 32.9 Å². The number of aliphatic imine (C=N–C) groups is 2. The van der Waals surface area contributed by atoms with Crippen LogP contribution < -0.4 is 5.32 Å². The third-order valence-corrected chi connectivity index (χ3v) is 4.05. The van der Waals surface area contributed by atoms with Gasteiger partial charge >= 0.3 is 0 Å². The Kier molecular flexibility index (Phi) is 5.56. The van der Waals surface area contributed by atoms with Crippen LogP contribution in [0.1, 0.15) is 30.9 Å². The molecule has 0 atom stereocenters. The minimum Gasteiger partial charge on any atom is -0.329 e. The van der Waals surface area contributed by atoms with Crippen molar-refractivity contribution in [1.29, 1.82) is 0 Å². The van der Waals surface area contributed by atoms with Crippen LogP contribution in [0.3, 0.4) is 0 Å². The highest BCUT2D eigenvalue weighted by Gasteiger charge is 2.13. The zero-order chi connectivity index (χ0) is 16.6. The van der Waals surface area contributed by atoms with Gasteiger partial charge in [0, 0.05) is 6.42 Å². The molecule has 2 aromatic rings. The van der Waals surface area contributed by atoms with Crippen molar-refractivity contribution in [3.05, 3.63) is 83.4 Å². The summed E-state index contributed by atoms with van der Waals surface area (Å²) in [5, 5.41) is 3.43. The van der Waals surface area contributed by atoms with Crippen LogP contribution >= 0.6 is 0 Å². The van der Waals surface area contributed by atoms with E-state index in [-0.39, 0.29) is 0 Å². The number of rotatable bonds is 5. The van der Waals surface area contributed by atoms with E-state index in [0.29, 0.717) is 13.1 Å². The monoisotopic (exact) mass is 317 g/mol. The Labute approximate surface area is 143 Å². The van der Waals surface area contributed by atoms with Gasteiger partial charge in [0.05, 0.1) is 13.1 Å². The molecule has 0 unspecified atom stereocenters. The normalized spacial score (nSPS) is 17.6. The number of nitrogens with one attached hydrogen (secondary N) is 1. The topological polar surface area (TPSA) is 36.8 Å². The highest BCUT2D eigenvalue weighted by atomic mass is 15.1. The molecule has 1 aliphatic heterocycles. The molecule has 1 aliphatic rings. The van der Waals surface area contributed by atoms with Gasteiger partial charge in [0.2, 0.25) is 0 Å². The molecule has 0 aromatic heterocycles. The van der Waals surface area contributed by atoms with Gasteiger partial charge in [0.1, 0.15) is 11.7 Å². The summed E-state index contributed by atoms with van der Waals surface area (Å²) >= 11 is 0. The predicted octanol–water partition coefficient (Wildman–Crippen LogP) is 4.51. The molecule has 3 rings (SSSR count). The summed E-state index contributed by atoms with van der Waals surface area (Å²) < 4.78 is 0. The van der Waals surface area contributed by atoms with Crippen molar-refractivity contribution in [2.24, 2.45) is 9.98 Å². The van der Waals surface area contributed by atoms with E-state index < -0.39 is 0 Å². The molecular weight excluding hydrogens is 294 g/mol. The van der Waals surface area contributed by atoms with E-state index in [1.54, 1.807) is 0 Å². The van der Waals surface area contributed by atoms with Crippen LogP contribution in [-0.2, 0) is 13.1 Å². The lowest BCUT2D eigenvalue weighted by Crippen LogP contribution is -2.35. The molecule has 3 heteroatoms. The van der Waals surface area contributed by atoms with Crippen molar-refractivity contribution in [3.8, 4) is 0 Å². The van der Waals surface area contributed by atoms with E-state index >= 15 is 0 Å². The van der Waals surface area contributed by atoms with Gasteiger partial charge in [-0.2, -0.15) is 0 Å². The van der Waals surface area contributed by atoms with Gasteiger partial charge < -0.3 is 5.32 Å². The summed E-state index contributed by atoms with van der Waals surface area (Å²) in [5.41, 5.74) is 3.71. The second kappa shape index (κ2) is 8.25. The molecule has 24 heavy (non-hydrogen) atoms. The van der Waals surface area contributed by atoms with E-state index in [4.69, 9.17) is 9.98 Å². The fourth-order valence-electron chi connectivity index (χ4n) is 2.67. The minimum absolute atomic E-state index is 0.687. The van der Waals surface area contributed by atoms with Crippen LogP contribution in [0.5, 0.6) is 0 Å². The molecule has 0 aliphatic carbocycles. The Bertz CT molecular complexity index is 743. The Morgan fingerprint density at radius 1 is 0.833 bits per heavy atom.